The molecule has 0 amide bonds. The number of hydrogen-bond acceptors (Lipinski definition) is 3. The molecule has 0 aliphatic carbocycles. The molecule has 0 radical (unpaired) electrons. The number of hydrogen-bond donors (Lipinski definition) is 0. The van der Waals surface area contributed by atoms with Gasteiger partial charge in [-0.1, -0.05) is 18.2 Å². The van der Waals surface area contributed by atoms with E-state index < -0.39 is 13.6 Å². The van der Waals surface area contributed by atoms with Gasteiger partial charge in [0.25, 0.3) is 8.03 Å². The third kappa shape index (κ3) is 2.11. The molecular weight excluding hydrogens is 199 g/mol. The highest BCUT2D eigenvalue weighted by Gasteiger charge is 2.17. The maximum atomic E-state index is 11.6. The number of rotatable bonds is 3. The van der Waals surface area contributed by atoms with Crippen LogP contribution in [0.1, 0.15) is 21.5 Å². The summed E-state index contributed by atoms with van der Waals surface area (Å²) in [6, 6.07) is 5.52. The number of benzene rings is 1. The third-order valence-corrected chi connectivity index (χ3v) is 3.07. The van der Waals surface area contributed by atoms with E-state index in [1.165, 1.54) is 7.11 Å². The Kier molecular flexibility index (Phi) is 3.62. The van der Waals surface area contributed by atoms with Crippen LogP contribution in [0.5, 0.6) is 0 Å². The van der Waals surface area contributed by atoms with E-state index in [1.807, 2.05) is 32.0 Å². The number of carbonyl (C=O) groups is 1. The molecule has 14 heavy (non-hydrogen) atoms. The van der Waals surface area contributed by atoms with Gasteiger partial charge in [-0.2, -0.15) is 0 Å². The van der Waals surface area contributed by atoms with Crippen LogP contribution in [0, 0.1) is 13.8 Å². The van der Waals surface area contributed by atoms with Crippen LogP contribution in [0.15, 0.2) is 18.2 Å². The van der Waals surface area contributed by atoms with Crippen LogP contribution < -0.4 is 0 Å². The Hall–Kier alpha value is -0.920. The minimum atomic E-state index is -2.59. The first-order valence-electron chi connectivity index (χ1n) is 4.26. The van der Waals surface area contributed by atoms with E-state index in [9.17, 15) is 9.36 Å². The normalized spacial score (nSPS) is 12.5. The molecule has 0 aliphatic rings. The fourth-order valence-electron chi connectivity index (χ4n) is 1.37. The summed E-state index contributed by atoms with van der Waals surface area (Å²) in [6.07, 6.45) is 0. The van der Waals surface area contributed by atoms with Crippen molar-refractivity contribution in [2.75, 3.05) is 7.11 Å². The van der Waals surface area contributed by atoms with Gasteiger partial charge in [-0.25, -0.2) is 0 Å². The Morgan fingerprint density at radius 2 is 1.79 bits per heavy atom. The smallest absolute Gasteiger partial charge is 0.260 e. The summed E-state index contributed by atoms with van der Waals surface area (Å²) in [7, 11) is -1.31. The lowest BCUT2D eigenvalue weighted by Gasteiger charge is -2.06. The molecule has 0 bridgehead atoms. The van der Waals surface area contributed by atoms with Gasteiger partial charge >= 0.3 is 0 Å². The van der Waals surface area contributed by atoms with Crippen molar-refractivity contribution >= 4 is 13.6 Å². The average Bonchev–Trinajstić information content (AvgIpc) is 2.16. The molecule has 1 rings (SSSR count). The molecule has 0 N–H and O–H groups in total. The first-order valence-corrected chi connectivity index (χ1v) is 5.58. The summed E-state index contributed by atoms with van der Waals surface area (Å²) in [5.74, 6) is 0. The molecule has 0 saturated carbocycles. The maximum Gasteiger partial charge on any atom is 0.260 e. The van der Waals surface area contributed by atoms with E-state index in [0.29, 0.717) is 5.56 Å². The molecule has 0 saturated heterocycles. The van der Waals surface area contributed by atoms with Crippen LogP contribution in [-0.2, 0) is 9.09 Å². The zero-order valence-electron chi connectivity index (χ0n) is 8.46. The highest BCUT2D eigenvalue weighted by molar-refractivity contribution is 7.60. The molecule has 1 aromatic rings. The molecule has 0 aromatic heterocycles. The highest BCUT2D eigenvalue weighted by atomic mass is 31.1. The zero-order chi connectivity index (χ0) is 10.7. The summed E-state index contributed by atoms with van der Waals surface area (Å²) in [6.45, 7) is 3.65. The van der Waals surface area contributed by atoms with E-state index in [1.54, 1.807) is 0 Å². The average molecular weight is 212 g/mol. The van der Waals surface area contributed by atoms with Gasteiger partial charge < -0.3 is 4.52 Å². The molecule has 0 aliphatic heterocycles. The largest absolute Gasteiger partial charge is 0.328 e. The van der Waals surface area contributed by atoms with Crippen molar-refractivity contribution in [1.82, 2.24) is 0 Å². The van der Waals surface area contributed by atoms with Crippen molar-refractivity contribution in [1.29, 1.82) is 0 Å². The minimum Gasteiger partial charge on any atom is -0.328 e. The lowest BCUT2D eigenvalue weighted by atomic mass is 10.0. The molecule has 0 heterocycles. The molecule has 1 aromatic carbocycles. The quantitative estimate of drug-likeness (QED) is 0.723. The lowest BCUT2D eigenvalue weighted by Crippen LogP contribution is -2.00. The van der Waals surface area contributed by atoms with Gasteiger partial charge in [0, 0.05) is 12.7 Å². The van der Waals surface area contributed by atoms with Gasteiger partial charge in [-0.15, -0.1) is 0 Å². The van der Waals surface area contributed by atoms with Gasteiger partial charge in [0.1, 0.15) is 0 Å². The predicted octanol–water partition coefficient (Wildman–Crippen LogP) is 2.56. The molecular formula is C10H13O3P. The minimum absolute atomic E-state index is 0.395. The molecule has 3 nitrogen and oxygen atoms in total. The summed E-state index contributed by atoms with van der Waals surface area (Å²) in [4.78, 5) is 11.6. The van der Waals surface area contributed by atoms with Gasteiger partial charge in [0.05, 0.1) is 0 Å². The highest BCUT2D eigenvalue weighted by Crippen LogP contribution is 2.29. The first kappa shape index (κ1) is 11.2. The molecule has 1 atom stereocenters. The predicted molar refractivity (Wildman–Crippen MR) is 56.3 cm³/mol. The van der Waals surface area contributed by atoms with Crippen LogP contribution in [0.2, 0.25) is 0 Å². The fourth-order valence-corrected chi connectivity index (χ4v) is 2.15. The summed E-state index contributed by atoms with van der Waals surface area (Å²) in [5.41, 5.74) is 1.81. The molecule has 0 fully saturated rings. The zero-order valence-corrected chi connectivity index (χ0v) is 9.46. The van der Waals surface area contributed by atoms with Crippen molar-refractivity contribution in [3.8, 4) is 0 Å². The van der Waals surface area contributed by atoms with E-state index in [4.69, 9.17) is 0 Å². The molecule has 0 spiro atoms. The molecule has 4 heteroatoms. The summed E-state index contributed by atoms with van der Waals surface area (Å²) in [5, 5.41) is 0. The second-order valence-corrected chi connectivity index (χ2v) is 4.52. The SMILES string of the molecule is CO[PH](=O)C(=O)c1c(C)cccc1C. The van der Waals surface area contributed by atoms with Gasteiger partial charge in [0.2, 0.25) is 5.52 Å². The Balaban J connectivity index is 3.19. The van der Waals surface area contributed by atoms with Crippen molar-refractivity contribution in [3.63, 3.8) is 0 Å². The van der Waals surface area contributed by atoms with Crippen LogP contribution in [0.4, 0.5) is 0 Å². The van der Waals surface area contributed by atoms with Gasteiger partial charge in [0.15, 0.2) is 0 Å². The Labute approximate surface area is 84.0 Å². The summed E-state index contributed by atoms with van der Waals surface area (Å²) >= 11 is 0. The first-order chi connectivity index (χ1) is 6.57. The lowest BCUT2D eigenvalue weighted by molar-refractivity contribution is 0.106. The van der Waals surface area contributed by atoms with Crippen molar-refractivity contribution in [2.45, 2.75) is 13.8 Å². The van der Waals surface area contributed by atoms with E-state index in [0.717, 1.165) is 11.1 Å². The monoisotopic (exact) mass is 212 g/mol. The van der Waals surface area contributed by atoms with Crippen LogP contribution >= 0.6 is 8.03 Å². The fraction of sp³-hybridized carbons (Fsp3) is 0.300. The van der Waals surface area contributed by atoms with E-state index in [-0.39, 0.29) is 0 Å². The number of carbonyl (C=O) groups excluding carboxylic acids is 1. The second-order valence-electron chi connectivity index (χ2n) is 3.09. The Morgan fingerprint density at radius 1 is 1.29 bits per heavy atom. The molecule has 76 valence electrons. The topological polar surface area (TPSA) is 43.4 Å². The van der Waals surface area contributed by atoms with Crippen LogP contribution in [-0.4, -0.2) is 12.6 Å². The van der Waals surface area contributed by atoms with Crippen LogP contribution in [0.3, 0.4) is 0 Å². The molecule has 1 unspecified atom stereocenters. The maximum absolute atomic E-state index is 11.6. The van der Waals surface area contributed by atoms with Crippen molar-refractivity contribution in [3.05, 3.63) is 34.9 Å². The van der Waals surface area contributed by atoms with Crippen LogP contribution in [0.25, 0.3) is 0 Å². The van der Waals surface area contributed by atoms with Gasteiger partial charge in [-0.05, 0) is 25.0 Å². The van der Waals surface area contributed by atoms with E-state index in [2.05, 4.69) is 4.52 Å². The van der Waals surface area contributed by atoms with Gasteiger partial charge in [-0.3, -0.25) is 9.36 Å². The summed E-state index contributed by atoms with van der Waals surface area (Å²) < 4.78 is 15.8. The Bertz CT molecular complexity index is 365. The number of aryl methyl sites for hydroxylation is 2. The van der Waals surface area contributed by atoms with Crippen molar-refractivity contribution < 1.29 is 13.9 Å². The van der Waals surface area contributed by atoms with E-state index >= 15 is 0 Å². The third-order valence-electron chi connectivity index (χ3n) is 2.08. The van der Waals surface area contributed by atoms with Crippen molar-refractivity contribution in [2.24, 2.45) is 0 Å². The standard InChI is InChI=1S/C10H13O3P/c1-7-5-4-6-8(2)9(7)10(11)14(12)13-3/h4-6,14H,1-3H3. The second kappa shape index (κ2) is 4.54. The Morgan fingerprint density at radius 3 is 2.21 bits per heavy atom.